The number of hydrogen-bond acceptors (Lipinski definition) is 5. The van der Waals surface area contributed by atoms with E-state index in [0.717, 1.165) is 12.8 Å². The number of carbonyl (C=O) groups excluding carboxylic acids is 1. The van der Waals surface area contributed by atoms with Gasteiger partial charge in [-0.15, -0.1) is 0 Å². The fraction of sp³-hybridized carbons (Fsp3) is 0.909. The zero-order chi connectivity index (χ0) is 12.1. The van der Waals surface area contributed by atoms with E-state index < -0.39 is 6.16 Å². The van der Waals surface area contributed by atoms with Crippen LogP contribution in [0.3, 0.4) is 0 Å². The number of carbonyl (C=O) groups is 1. The smallest absolute Gasteiger partial charge is 0.434 e. The van der Waals surface area contributed by atoms with E-state index in [-0.39, 0.29) is 0 Å². The molecule has 0 atom stereocenters. The summed E-state index contributed by atoms with van der Waals surface area (Å²) in [6.45, 7) is 4.51. The molecule has 0 bridgehead atoms. The van der Waals surface area contributed by atoms with Crippen molar-refractivity contribution in [2.75, 3.05) is 40.1 Å². The summed E-state index contributed by atoms with van der Waals surface area (Å²) in [7, 11) is 1.62. The lowest BCUT2D eigenvalue weighted by molar-refractivity contribution is 0.0364. The Labute approximate surface area is 97.0 Å². The van der Waals surface area contributed by atoms with Crippen LogP contribution in [-0.4, -0.2) is 46.3 Å². The molecule has 0 saturated carbocycles. The first-order chi connectivity index (χ1) is 7.81. The van der Waals surface area contributed by atoms with Crippen molar-refractivity contribution < 1.29 is 23.7 Å². The normalized spacial score (nSPS) is 10.1. The van der Waals surface area contributed by atoms with Crippen LogP contribution in [0.25, 0.3) is 0 Å². The van der Waals surface area contributed by atoms with Gasteiger partial charge in [-0.1, -0.05) is 13.3 Å². The van der Waals surface area contributed by atoms with Crippen LogP contribution < -0.4 is 0 Å². The van der Waals surface area contributed by atoms with Crippen molar-refractivity contribution in [3.8, 4) is 0 Å². The molecule has 0 aromatic carbocycles. The van der Waals surface area contributed by atoms with E-state index in [4.69, 9.17) is 18.9 Å². The van der Waals surface area contributed by atoms with Gasteiger partial charge in [0.2, 0.25) is 0 Å². The molecule has 0 saturated heterocycles. The average Bonchev–Trinajstić information content (AvgIpc) is 2.28. The van der Waals surface area contributed by atoms with Crippen LogP contribution >= 0.6 is 0 Å². The van der Waals surface area contributed by atoms with E-state index in [1.165, 1.54) is 0 Å². The summed E-state index contributed by atoms with van der Waals surface area (Å²) < 4.78 is 19.6. The molecule has 0 unspecified atom stereocenters. The Morgan fingerprint density at radius 3 is 2.25 bits per heavy atom. The Kier molecular flexibility index (Phi) is 11.6. The molecule has 0 fully saturated rings. The maximum atomic E-state index is 10.9. The van der Waals surface area contributed by atoms with E-state index in [9.17, 15) is 4.79 Å². The van der Waals surface area contributed by atoms with Crippen LogP contribution in [0.2, 0.25) is 0 Å². The van der Waals surface area contributed by atoms with Crippen LogP contribution in [0.4, 0.5) is 4.79 Å². The highest BCUT2D eigenvalue weighted by Crippen LogP contribution is 1.93. The molecule has 0 radical (unpaired) electrons. The van der Waals surface area contributed by atoms with E-state index in [1.54, 1.807) is 7.11 Å². The summed E-state index contributed by atoms with van der Waals surface area (Å²) in [5.74, 6) is 0. The molecule has 0 amide bonds. The Morgan fingerprint density at radius 1 is 0.938 bits per heavy atom. The highest BCUT2D eigenvalue weighted by atomic mass is 16.7. The van der Waals surface area contributed by atoms with Crippen molar-refractivity contribution in [1.29, 1.82) is 0 Å². The molecule has 0 N–H and O–H groups in total. The molecule has 96 valence electrons. The van der Waals surface area contributed by atoms with Gasteiger partial charge in [0.05, 0.1) is 26.4 Å². The van der Waals surface area contributed by atoms with Gasteiger partial charge in [-0.25, -0.2) is 4.79 Å². The predicted molar refractivity (Wildman–Crippen MR) is 59.5 cm³/mol. The molecule has 0 aromatic heterocycles. The largest absolute Gasteiger partial charge is 0.508 e. The fourth-order valence-electron chi connectivity index (χ4n) is 0.902. The maximum absolute atomic E-state index is 10.9. The van der Waals surface area contributed by atoms with Crippen LogP contribution in [0, 0.1) is 0 Å². The second-order valence-electron chi connectivity index (χ2n) is 3.26. The lowest BCUT2D eigenvalue weighted by atomic mass is 10.4. The van der Waals surface area contributed by atoms with Gasteiger partial charge in [-0.3, -0.25) is 0 Å². The summed E-state index contributed by atoms with van der Waals surface area (Å²) in [5, 5.41) is 0. The number of methoxy groups -OCH3 is 1. The first-order valence-electron chi connectivity index (χ1n) is 5.67. The minimum Gasteiger partial charge on any atom is -0.434 e. The third kappa shape index (κ3) is 11.3. The van der Waals surface area contributed by atoms with Crippen LogP contribution in [0.15, 0.2) is 0 Å². The summed E-state index contributed by atoms with van der Waals surface area (Å²) >= 11 is 0. The zero-order valence-corrected chi connectivity index (χ0v) is 10.2. The number of rotatable bonds is 10. The molecular weight excluding hydrogens is 212 g/mol. The van der Waals surface area contributed by atoms with Crippen molar-refractivity contribution >= 4 is 6.16 Å². The molecule has 0 aliphatic heterocycles. The van der Waals surface area contributed by atoms with Gasteiger partial charge in [0.1, 0.15) is 0 Å². The Balaban J connectivity index is 3.09. The standard InChI is InChI=1S/C11H22O5/c1-3-4-7-15-11(12)16-8-5-6-14-10-9-13-2/h3-10H2,1-2H3. The van der Waals surface area contributed by atoms with E-state index in [1.807, 2.05) is 6.92 Å². The summed E-state index contributed by atoms with van der Waals surface area (Å²) in [6, 6.07) is 0. The van der Waals surface area contributed by atoms with Crippen molar-refractivity contribution in [2.45, 2.75) is 26.2 Å². The Morgan fingerprint density at radius 2 is 1.62 bits per heavy atom. The van der Waals surface area contributed by atoms with E-state index >= 15 is 0 Å². The number of unbranched alkanes of at least 4 members (excludes halogenated alkanes) is 1. The third-order valence-corrected chi connectivity index (χ3v) is 1.80. The van der Waals surface area contributed by atoms with Crippen LogP contribution in [0.5, 0.6) is 0 Å². The molecule has 16 heavy (non-hydrogen) atoms. The molecule has 0 spiro atoms. The number of hydrogen-bond donors (Lipinski definition) is 0. The zero-order valence-electron chi connectivity index (χ0n) is 10.2. The highest BCUT2D eigenvalue weighted by molar-refractivity contribution is 5.59. The first-order valence-corrected chi connectivity index (χ1v) is 5.67. The van der Waals surface area contributed by atoms with Gasteiger partial charge in [0.15, 0.2) is 0 Å². The molecule has 0 rings (SSSR count). The van der Waals surface area contributed by atoms with Crippen LogP contribution in [-0.2, 0) is 18.9 Å². The second kappa shape index (κ2) is 12.3. The maximum Gasteiger partial charge on any atom is 0.508 e. The van der Waals surface area contributed by atoms with Crippen molar-refractivity contribution in [2.24, 2.45) is 0 Å². The van der Waals surface area contributed by atoms with Crippen LogP contribution in [0.1, 0.15) is 26.2 Å². The predicted octanol–water partition coefficient (Wildman–Crippen LogP) is 1.99. The Hall–Kier alpha value is -0.810. The minimum atomic E-state index is -0.592. The quantitative estimate of drug-likeness (QED) is 0.427. The van der Waals surface area contributed by atoms with E-state index in [2.05, 4.69) is 0 Å². The lowest BCUT2D eigenvalue weighted by Gasteiger charge is -2.06. The van der Waals surface area contributed by atoms with Gasteiger partial charge in [0, 0.05) is 20.1 Å². The van der Waals surface area contributed by atoms with Gasteiger partial charge >= 0.3 is 6.16 Å². The summed E-state index contributed by atoms with van der Waals surface area (Å²) in [4.78, 5) is 10.9. The minimum absolute atomic E-state index is 0.331. The molecule has 0 aliphatic carbocycles. The van der Waals surface area contributed by atoms with E-state index in [0.29, 0.717) is 39.5 Å². The molecule has 0 aromatic rings. The Bertz CT molecular complexity index is 160. The summed E-state index contributed by atoms with van der Waals surface area (Å²) in [5.41, 5.74) is 0. The number of ether oxygens (including phenoxy) is 4. The lowest BCUT2D eigenvalue weighted by Crippen LogP contribution is -2.11. The van der Waals surface area contributed by atoms with Gasteiger partial charge < -0.3 is 18.9 Å². The fourth-order valence-corrected chi connectivity index (χ4v) is 0.902. The molecular formula is C11H22O5. The van der Waals surface area contributed by atoms with Crippen molar-refractivity contribution in [3.05, 3.63) is 0 Å². The van der Waals surface area contributed by atoms with Crippen molar-refractivity contribution in [3.63, 3.8) is 0 Å². The third-order valence-electron chi connectivity index (χ3n) is 1.80. The second-order valence-corrected chi connectivity index (χ2v) is 3.26. The molecule has 5 heteroatoms. The van der Waals surface area contributed by atoms with Gasteiger partial charge in [-0.05, 0) is 6.42 Å². The first kappa shape index (κ1) is 15.2. The SMILES string of the molecule is CCCCOC(=O)OCCCOCCOC. The molecule has 0 heterocycles. The highest BCUT2D eigenvalue weighted by Gasteiger charge is 2.02. The average molecular weight is 234 g/mol. The van der Waals surface area contributed by atoms with Gasteiger partial charge in [0.25, 0.3) is 0 Å². The van der Waals surface area contributed by atoms with Gasteiger partial charge in [-0.2, -0.15) is 0 Å². The van der Waals surface area contributed by atoms with Crippen molar-refractivity contribution in [1.82, 2.24) is 0 Å². The monoisotopic (exact) mass is 234 g/mol. The molecule has 5 nitrogen and oxygen atoms in total. The molecule has 0 aliphatic rings. The summed E-state index contributed by atoms with van der Waals surface area (Å²) in [6.07, 6.45) is 1.95. The topological polar surface area (TPSA) is 54.0 Å².